The van der Waals surface area contributed by atoms with Crippen LogP contribution in [0.3, 0.4) is 0 Å². The Balaban J connectivity index is 1.48. The lowest BCUT2D eigenvalue weighted by atomic mass is 10.2. The lowest BCUT2D eigenvalue weighted by molar-refractivity contribution is -0.137. The van der Waals surface area contributed by atoms with Crippen LogP contribution in [-0.2, 0) is 16.1 Å². The summed E-state index contributed by atoms with van der Waals surface area (Å²) in [6.45, 7) is 0.162. The number of benzene rings is 1. The van der Waals surface area contributed by atoms with Crippen LogP contribution in [0.4, 0.5) is 0 Å². The maximum absolute atomic E-state index is 12.7. The maximum atomic E-state index is 12.7. The molecule has 0 saturated carbocycles. The molecular weight excluding hydrogens is 394 g/mol. The molecular formula is C21H15NO2S3. The number of ether oxygens (including phenoxy) is 1. The summed E-state index contributed by atoms with van der Waals surface area (Å²) in [6.07, 6.45) is 1.88. The first kappa shape index (κ1) is 17.9. The van der Waals surface area contributed by atoms with E-state index in [1.54, 1.807) is 22.7 Å². The van der Waals surface area contributed by atoms with Gasteiger partial charge in [0.15, 0.2) is 0 Å². The highest BCUT2D eigenvalue weighted by atomic mass is 32.1. The zero-order chi connectivity index (χ0) is 18.5. The van der Waals surface area contributed by atoms with Gasteiger partial charge in [-0.3, -0.25) is 0 Å². The molecule has 3 aromatic heterocycles. The van der Waals surface area contributed by atoms with Crippen LogP contribution in [0, 0.1) is 0 Å². The summed E-state index contributed by atoms with van der Waals surface area (Å²) in [7, 11) is 0. The molecule has 0 atom stereocenters. The molecule has 134 valence electrons. The van der Waals surface area contributed by atoms with Crippen molar-refractivity contribution in [2.45, 2.75) is 6.61 Å². The van der Waals surface area contributed by atoms with Crippen LogP contribution in [0.5, 0.6) is 0 Å². The summed E-state index contributed by atoms with van der Waals surface area (Å²) >= 11 is 4.67. The van der Waals surface area contributed by atoms with Crippen molar-refractivity contribution >= 4 is 51.6 Å². The molecule has 0 radical (unpaired) electrons. The van der Waals surface area contributed by atoms with Crippen molar-refractivity contribution in [2.24, 2.45) is 0 Å². The number of nitrogens with zero attached hydrogens (tertiary/aromatic N) is 1. The molecule has 0 spiro atoms. The normalized spacial score (nSPS) is 11.5. The molecule has 0 fully saturated rings. The van der Waals surface area contributed by atoms with Crippen LogP contribution in [0.1, 0.15) is 15.4 Å². The van der Waals surface area contributed by atoms with E-state index in [1.165, 1.54) is 11.3 Å². The first-order chi connectivity index (χ1) is 13.3. The molecule has 4 rings (SSSR count). The molecule has 0 aliphatic carbocycles. The molecule has 3 nitrogen and oxygen atoms in total. The number of hydrogen-bond donors (Lipinski definition) is 0. The van der Waals surface area contributed by atoms with Crippen LogP contribution >= 0.6 is 34.0 Å². The number of carbonyl (C=O) groups excluding carboxylic acids is 1. The van der Waals surface area contributed by atoms with E-state index in [4.69, 9.17) is 4.74 Å². The van der Waals surface area contributed by atoms with Crippen molar-refractivity contribution in [2.75, 3.05) is 0 Å². The van der Waals surface area contributed by atoms with Crippen LogP contribution in [0.25, 0.3) is 22.2 Å². The Kier molecular flexibility index (Phi) is 5.58. The zero-order valence-electron chi connectivity index (χ0n) is 14.2. The third-order valence-corrected chi connectivity index (χ3v) is 6.42. The Labute approximate surface area is 169 Å². The van der Waals surface area contributed by atoms with Gasteiger partial charge >= 0.3 is 5.97 Å². The number of rotatable bonds is 6. The van der Waals surface area contributed by atoms with Crippen molar-refractivity contribution in [1.82, 2.24) is 4.98 Å². The lowest BCUT2D eigenvalue weighted by Crippen LogP contribution is -2.06. The van der Waals surface area contributed by atoms with Gasteiger partial charge in [0, 0.05) is 20.7 Å². The highest BCUT2D eigenvalue weighted by Gasteiger charge is 2.16. The van der Waals surface area contributed by atoms with E-state index < -0.39 is 0 Å². The molecule has 0 amide bonds. The summed E-state index contributed by atoms with van der Waals surface area (Å²) in [5.74, 6) is -0.333. The number of aromatic nitrogens is 1. The summed E-state index contributed by atoms with van der Waals surface area (Å²) in [5.41, 5.74) is 2.40. The van der Waals surface area contributed by atoms with Gasteiger partial charge in [0.1, 0.15) is 11.6 Å². The topological polar surface area (TPSA) is 39.2 Å². The van der Waals surface area contributed by atoms with Crippen LogP contribution in [0.15, 0.2) is 70.7 Å². The fourth-order valence-corrected chi connectivity index (χ4v) is 4.68. The molecule has 0 aliphatic heterocycles. The average molecular weight is 410 g/mol. The number of thiophene rings is 2. The maximum Gasteiger partial charge on any atom is 0.340 e. The van der Waals surface area contributed by atoms with E-state index in [0.717, 1.165) is 26.0 Å². The van der Waals surface area contributed by atoms with Gasteiger partial charge in [-0.25, -0.2) is 9.78 Å². The monoisotopic (exact) mass is 409 g/mol. The number of hydrogen-bond acceptors (Lipinski definition) is 6. The minimum Gasteiger partial charge on any atom is -0.456 e. The molecule has 1 aromatic carbocycles. The minimum atomic E-state index is -0.333. The second-order valence-corrected chi connectivity index (χ2v) is 8.42. The van der Waals surface area contributed by atoms with E-state index in [2.05, 4.69) is 4.98 Å². The summed E-state index contributed by atoms with van der Waals surface area (Å²) in [6, 6.07) is 17.8. The third kappa shape index (κ3) is 4.42. The van der Waals surface area contributed by atoms with Gasteiger partial charge in [-0.15, -0.1) is 34.0 Å². The Morgan fingerprint density at radius 3 is 2.52 bits per heavy atom. The molecule has 0 saturated heterocycles. The van der Waals surface area contributed by atoms with E-state index in [1.807, 2.05) is 76.8 Å². The van der Waals surface area contributed by atoms with Gasteiger partial charge in [-0.05, 0) is 29.0 Å². The van der Waals surface area contributed by atoms with E-state index in [9.17, 15) is 4.79 Å². The number of thiazole rings is 1. The zero-order valence-corrected chi connectivity index (χ0v) is 16.7. The fraction of sp³-hybridized carbons (Fsp3) is 0.0476. The second kappa shape index (κ2) is 8.43. The van der Waals surface area contributed by atoms with Gasteiger partial charge in [-0.1, -0.05) is 42.5 Å². The third-order valence-electron chi connectivity index (χ3n) is 3.76. The second-order valence-electron chi connectivity index (χ2n) is 5.64. The number of esters is 1. The Bertz CT molecular complexity index is 1030. The van der Waals surface area contributed by atoms with Crippen molar-refractivity contribution in [1.29, 1.82) is 0 Å². The molecule has 3 heterocycles. The predicted molar refractivity (Wildman–Crippen MR) is 114 cm³/mol. The first-order valence-corrected chi connectivity index (χ1v) is 10.9. The summed E-state index contributed by atoms with van der Waals surface area (Å²) in [4.78, 5) is 19.2. The van der Waals surface area contributed by atoms with Gasteiger partial charge < -0.3 is 4.74 Å². The lowest BCUT2D eigenvalue weighted by Gasteiger charge is -2.06. The molecule has 27 heavy (non-hydrogen) atoms. The Morgan fingerprint density at radius 2 is 1.78 bits per heavy atom. The Morgan fingerprint density at radius 1 is 0.963 bits per heavy atom. The number of carbonyl (C=O) groups is 1. The standard InChI is InChI=1S/C21H15NO2S3/c23-21(18(19-9-5-11-26-19)12-17-8-4-10-25-17)24-13-16-14-27-20(22-16)15-6-2-1-3-7-15/h1-12,14H,13H2. The fourth-order valence-electron chi connectivity index (χ4n) is 2.48. The van der Waals surface area contributed by atoms with Gasteiger partial charge in [-0.2, -0.15) is 0 Å². The first-order valence-electron chi connectivity index (χ1n) is 8.25. The van der Waals surface area contributed by atoms with Crippen molar-refractivity contribution in [3.8, 4) is 10.6 Å². The Hall–Kier alpha value is -2.54. The molecule has 6 heteroatoms. The van der Waals surface area contributed by atoms with Gasteiger partial charge in [0.25, 0.3) is 0 Å². The smallest absolute Gasteiger partial charge is 0.340 e. The molecule has 0 bridgehead atoms. The molecule has 0 unspecified atom stereocenters. The summed E-state index contributed by atoms with van der Waals surface area (Å²) < 4.78 is 5.56. The van der Waals surface area contributed by atoms with Crippen LogP contribution in [0.2, 0.25) is 0 Å². The van der Waals surface area contributed by atoms with Gasteiger partial charge in [0.2, 0.25) is 0 Å². The highest BCUT2D eigenvalue weighted by Crippen LogP contribution is 2.27. The molecule has 0 aliphatic rings. The van der Waals surface area contributed by atoms with Crippen molar-refractivity contribution in [3.63, 3.8) is 0 Å². The summed E-state index contributed by atoms with van der Waals surface area (Å²) in [5, 5.41) is 6.80. The minimum absolute atomic E-state index is 0.162. The highest BCUT2D eigenvalue weighted by molar-refractivity contribution is 7.13. The average Bonchev–Trinajstić information content (AvgIpc) is 3.47. The van der Waals surface area contributed by atoms with E-state index in [-0.39, 0.29) is 12.6 Å². The quantitative estimate of drug-likeness (QED) is 0.280. The molecule has 0 N–H and O–H groups in total. The van der Waals surface area contributed by atoms with Crippen LogP contribution < -0.4 is 0 Å². The van der Waals surface area contributed by atoms with Crippen LogP contribution in [-0.4, -0.2) is 11.0 Å². The van der Waals surface area contributed by atoms with Crippen molar-refractivity contribution in [3.05, 3.63) is 86.2 Å². The van der Waals surface area contributed by atoms with E-state index >= 15 is 0 Å². The van der Waals surface area contributed by atoms with Gasteiger partial charge in [0.05, 0.1) is 11.3 Å². The van der Waals surface area contributed by atoms with Crippen molar-refractivity contribution < 1.29 is 9.53 Å². The largest absolute Gasteiger partial charge is 0.456 e. The van der Waals surface area contributed by atoms with E-state index in [0.29, 0.717) is 5.57 Å². The predicted octanol–water partition coefficient (Wildman–Crippen LogP) is 6.22. The molecule has 4 aromatic rings. The SMILES string of the molecule is O=C(OCc1csc(-c2ccccc2)n1)C(=Cc1cccs1)c1cccs1.